The third-order valence-electron chi connectivity index (χ3n) is 4.68. The molecule has 2 N–H and O–H groups in total. The van der Waals surface area contributed by atoms with E-state index in [-0.39, 0.29) is 11.6 Å². The molecule has 5 nitrogen and oxygen atoms in total. The van der Waals surface area contributed by atoms with E-state index in [0.717, 1.165) is 36.2 Å². The minimum Gasteiger partial charge on any atom is -0.356 e. The van der Waals surface area contributed by atoms with E-state index in [2.05, 4.69) is 49.4 Å². The number of hydrogen-bond acceptors (Lipinski definition) is 3. The monoisotopic (exact) mass is 352 g/mol. The van der Waals surface area contributed by atoms with Crippen molar-refractivity contribution in [3.63, 3.8) is 0 Å². The lowest BCUT2D eigenvalue weighted by molar-refractivity contribution is 0.228. The first-order chi connectivity index (χ1) is 9.99. The lowest BCUT2D eigenvalue weighted by Gasteiger charge is -2.28. The number of urea groups is 1. The smallest absolute Gasteiger partial charge is 0.314 e. The van der Waals surface area contributed by atoms with Gasteiger partial charge in [0.05, 0.1) is 0 Å². The van der Waals surface area contributed by atoms with Gasteiger partial charge in [-0.2, -0.15) is 0 Å². The average molecular weight is 353 g/mol. The average Bonchev–Trinajstić information content (AvgIpc) is 2.94. The van der Waals surface area contributed by atoms with Gasteiger partial charge in [0.25, 0.3) is 0 Å². The Morgan fingerprint density at radius 3 is 2.57 bits per heavy atom. The fourth-order valence-electron chi connectivity index (χ4n) is 3.82. The number of carbonyl (C=O) groups is 1. The van der Waals surface area contributed by atoms with Gasteiger partial charge in [0.1, 0.15) is 5.82 Å². The van der Waals surface area contributed by atoms with E-state index in [1.54, 1.807) is 7.05 Å². The number of nitrogens with one attached hydrogen (secondary N) is 2. The summed E-state index contributed by atoms with van der Waals surface area (Å²) in [6.07, 6.45) is 3.93. The number of hydrogen-bond donors (Lipinski definition) is 2. The van der Waals surface area contributed by atoms with E-state index < -0.39 is 0 Å². The van der Waals surface area contributed by atoms with E-state index in [1.165, 1.54) is 0 Å². The minimum absolute atomic E-state index is 0.0747. The molecule has 1 saturated carbocycles. The quantitative estimate of drug-likeness (QED) is 0.858. The molecular weight excluding hydrogens is 332 g/mol. The van der Waals surface area contributed by atoms with E-state index in [4.69, 9.17) is 0 Å². The Hall–Kier alpha value is -1.30. The highest BCUT2D eigenvalue weighted by Crippen LogP contribution is 2.44. The lowest BCUT2D eigenvalue weighted by atomic mass is 9.98. The van der Waals surface area contributed by atoms with Gasteiger partial charge in [-0.05, 0) is 59.7 Å². The van der Waals surface area contributed by atoms with Crippen LogP contribution in [0, 0.1) is 11.8 Å². The molecule has 0 spiro atoms. The van der Waals surface area contributed by atoms with Gasteiger partial charge < -0.3 is 15.5 Å². The Kier molecular flexibility index (Phi) is 3.82. The van der Waals surface area contributed by atoms with E-state index in [1.807, 2.05) is 12.3 Å². The summed E-state index contributed by atoms with van der Waals surface area (Å²) in [6, 6.07) is 4.02. The molecule has 2 atom stereocenters. The molecule has 3 rings (SSSR count). The van der Waals surface area contributed by atoms with Crippen LogP contribution in [0.3, 0.4) is 0 Å². The van der Waals surface area contributed by atoms with Crippen LogP contribution in [0.15, 0.2) is 22.8 Å². The van der Waals surface area contributed by atoms with Crippen LogP contribution in [-0.2, 0) is 0 Å². The SMILES string of the molecule is CNC(=O)NC1(C)CC2CN(c3ccc(Br)cn3)CC2C1. The molecule has 1 aromatic heterocycles. The van der Waals surface area contributed by atoms with Crippen LogP contribution >= 0.6 is 15.9 Å². The summed E-state index contributed by atoms with van der Waals surface area (Å²) in [5.74, 6) is 2.32. The Morgan fingerprint density at radius 1 is 1.38 bits per heavy atom. The summed E-state index contributed by atoms with van der Waals surface area (Å²) in [5, 5.41) is 5.75. The number of halogens is 1. The number of rotatable bonds is 2. The van der Waals surface area contributed by atoms with Crippen LogP contribution in [0.25, 0.3) is 0 Å². The summed E-state index contributed by atoms with van der Waals surface area (Å²) in [6.45, 7) is 4.22. The molecule has 2 heterocycles. The van der Waals surface area contributed by atoms with Gasteiger partial charge in [-0.3, -0.25) is 0 Å². The second-order valence-corrected chi connectivity index (χ2v) is 7.35. The molecule has 6 heteroatoms. The Bertz CT molecular complexity index is 519. The standard InChI is InChI=1S/C15H21BrN4O/c1-15(19-14(21)17-2)5-10-8-20(9-11(10)6-15)13-4-3-12(16)7-18-13/h3-4,7,10-11H,5-6,8-9H2,1-2H3,(H2,17,19,21). The summed E-state index contributed by atoms with van der Waals surface area (Å²) < 4.78 is 1.01. The van der Waals surface area contributed by atoms with Crippen LogP contribution in [0.2, 0.25) is 0 Å². The second-order valence-electron chi connectivity index (χ2n) is 6.43. The van der Waals surface area contributed by atoms with Gasteiger partial charge in [0.15, 0.2) is 0 Å². The van der Waals surface area contributed by atoms with Crippen LogP contribution in [0.1, 0.15) is 19.8 Å². The highest BCUT2D eigenvalue weighted by atomic mass is 79.9. The molecule has 1 saturated heterocycles. The van der Waals surface area contributed by atoms with Gasteiger partial charge in [0, 0.05) is 36.3 Å². The van der Waals surface area contributed by atoms with Crippen LogP contribution < -0.4 is 15.5 Å². The Labute approximate surface area is 133 Å². The zero-order valence-electron chi connectivity index (χ0n) is 12.4. The number of anilines is 1. The fourth-order valence-corrected chi connectivity index (χ4v) is 4.06. The third-order valence-corrected chi connectivity index (χ3v) is 5.15. The van der Waals surface area contributed by atoms with Crippen molar-refractivity contribution in [2.75, 3.05) is 25.0 Å². The Balaban J connectivity index is 1.63. The van der Waals surface area contributed by atoms with Gasteiger partial charge in [0.2, 0.25) is 0 Å². The van der Waals surface area contributed by atoms with Crippen molar-refractivity contribution in [3.05, 3.63) is 22.8 Å². The minimum atomic E-state index is -0.0797. The van der Waals surface area contributed by atoms with Crippen molar-refractivity contribution in [1.29, 1.82) is 0 Å². The number of amides is 2. The molecule has 21 heavy (non-hydrogen) atoms. The predicted octanol–water partition coefficient (Wildman–Crippen LogP) is 2.38. The first-order valence-electron chi connectivity index (χ1n) is 7.35. The first kappa shape index (κ1) is 14.6. The molecule has 2 unspecified atom stereocenters. The molecule has 114 valence electrons. The first-order valence-corrected chi connectivity index (χ1v) is 8.15. The van der Waals surface area contributed by atoms with Crippen molar-refractivity contribution < 1.29 is 4.79 Å². The van der Waals surface area contributed by atoms with Crippen molar-refractivity contribution in [3.8, 4) is 0 Å². The van der Waals surface area contributed by atoms with Crippen LogP contribution in [0.5, 0.6) is 0 Å². The predicted molar refractivity (Wildman–Crippen MR) is 86.4 cm³/mol. The van der Waals surface area contributed by atoms with Crippen molar-refractivity contribution in [2.24, 2.45) is 11.8 Å². The molecule has 2 fully saturated rings. The number of pyridine rings is 1. The van der Waals surface area contributed by atoms with Crippen molar-refractivity contribution in [2.45, 2.75) is 25.3 Å². The number of nitrogens with zero attached hydrogens (tertiary/aromatic N) is 2. The van der Waals surface area contributed by atoms with Gasteiger partial charge in [-0.1, -0.05) is 0 Å². The number of carbonyl (C=O) groups excluding carboxylic acids is 1. The van der Waals surface area contributed by atoms with Crippen LogP contribution in [0.4, 0.5) is 10.6 Å². The van der Waals surface area contributed by atoms with Crippen LogP contribution in [-0.4, -0.2) is 36.7 Å². The Morgan fingerprint density at radius 2 is 2.05 bits per heavy atom. The fraction of sp³-hybridized carbons (Fsp3) is 0.600. The summed E-state index contributed by atoms with van der Waals surface area (Å²) >= 11 is 3.42. The molecule has 1 aromatic rings. The number of fused-ring (bicyclic) bond motifs is 1. The molecule has 1 aliphatic heterocycles. The second kappa shape index (κ2) is 5.48. The third kappa shape index (κ3) is 3.00. The summed E-state index contributed by atoms with van der Waals surface area (Å²) in [7, 11) is 1.66. The molecular formula is C15H21BrN4O. The normalized spacial score (nSPS) is 31.1. The zero-order valence-corrected chi connectivity index (χ0v) is 14.0. The van der Waals surface area contributed by atoms with Gasteiger partial charge in [-0.25, -0.2) is 9.78 Å². The largest absolute Gasteiger partial charge is 0.356 e. The lowest BCUT2D eigenvalue weighted by Crippen LogP contribution is -2.48. The van der Waals surface area contributed by atoms with Gasteiger partial charge in [-0.15, -0.1) is 0 Å². The van der Waals surface area contributed by atoms with E-state index in [0.29, 0.717) is 11.8 Å². The highest BCUT2D eigenvalue weighted by molar-refractivity contribution is 9.10. The highest BCUT2D eigenvalue weighted by Gasteiger charge is 2.47. The summed E-state index contributed by atoms with van der Waals surface area (Å²) in [5.41, 5.74) is -0.0747. The summed E-state index contributed by atoms with van der Waals surface area (Å²) in [4.78, 5) is 18.4. The van der Waals surface area contributed by atoms with E-state index >= 15 is 0 Å². The van der Waals surface area contributed by atoms with Gasteiger partial charge >= 0.3 is 6.03 Å². The molecule has 0 radical (unpaired) electrons. The topological polar surface area (TPSA) is 57.3 Å². The molecule has 0 aromatic carbocycles. The molecule has 1 aliphatic carbocycles. The maximum Gasteiger partial charge on any atom is 0.314 e. The maximum atomic E-state index is 11.6. The van der Waals surface area contributed by atoms with E-state index in [9.17, 15) is 4.79 Å². The maximum absolute atomic E-state index is 11.6. The molecule has 0 bridgehead atoms. The molecule has 2 aliphatic rings. The van der Waals surface area contributed by atoms with Crippen molar-refractivity contribution >= 4 is 27.8 Å². The number of aromatic nitrogens is 1. The zero-order chi connectivity index (χ0) is 15.0. The van der Waals surface area contributed by atoms with Crippen molar-refractivity contribution in [1.82, 2.24) is 15.6 Å². The molecule has 2 amide bonds.